The topological polar surface area (TPSA) is 26.3 Å². The molecule has 0 spiro atoms. The van der Waals surface area contributed by atoms with Crippen molar-refractivity contribution in [3.05, 3.63) is 0 Å². The van der Waals surface area contributed by atoms with E-state index in [2.05, 4.69) is 4.74 Å². The van der Waals surface area contributed by atoms with Gasteiger partial charge in [-0.2, -0.15) is 0 Å². The van der Waals surface area contributed by atoms with E-state index >= 15 is 0 Å². The maximum atomic E-state index is 11.4. The Labute approximate surface area is 58.2 Å². The summed E-state index contributed by atoms with van der Waals surface area (Å²) in [6, 6.07) is 0. The fourth-order valence-electron chi connectivity index (χ4n) is 0.401. The predicted molar refractivity (Wildman–Crippen MR) is 31.9 cm³/mol. The van der Waals surface area contributed by atoms with E-state index in [4.69, 9.17) is 0 Å². The standard InChI is InChI=1S/C6H10F2O2/c1-2-3-10-6(9)4-5(7)8/h5H,2-4H2,1H3. The van der Waals surface area contributed by atoms with Gasteiger partial charge >= 0.3 is 5.97 Å². The van der Waals surface area contributed by atoms with Crippen LogP contribution in [-0.4, -0.2) is 19.0 Å². The summed E-state index contributed by atoms with van der Waals surface area (Å²) in [5, 5.41) is 0. The van der Waals surface area contributed by atoms with Crippen molar-refractivity contribution in [1.29, 1.82) is 0 Å². The van der Waals surface area contributed by atoms with Gasteiger partial charge in [0, 0.05) is 0 Å². The Kier molecular flexibility index (Phi) is 4.80. The van der Waals surface area contributed by atoms with Crippen LogP contribution < -0.4 is 0 Å². The first kappa shape index (κ1) is 9.33. The van der Waals surface area contributed by atoms with Gasteiger partial charge in [0.1, 0.15) is 6.42 Å². The molecule has 0 N–H and O–H groups in total. The van der Waals surface area contributed by atoms with Crippen molar-refractivity contribution in [2.75, 3.05) is 6.61 Å². The Bertz CT molecular complexity index is 104. The lowest BCUT2D eigenvalue weighted by Gasteiger charge is -2.00. The summed E-state index contributed by atoms with van der Waals surface area (Å²) in [4.78, 5) is 10.3. The first-order valence-corrected chi connectivity index (χ1v) is 3.10. The Morgan fingerprint density at radius 3 is 2.60 bits per heavy atom. The highest BCUT2D eigenvalue weighted by molar-refractivity contribution is 5.69. The van der Waals surface area contributed by atoms with Crippen molar-refractivity contribution < 1.29 is 18.3 Å². The van der Waals surface area contributed by atoms with Gasteiger partial charge in [-0.15, -0.1) is 0 Å². The van der Waals surface area contributed by atoms with Gasteiger partial charge in [-0.1, -0.05) is 6.92 Å². The molecule has 0 aromatic carbocycles. The van der Waals surface area contributed by atoms with Gasteiger partial charge in [0.25, 0.3) is 0 Å². The molecule has 2 nitrogen and oxygen atoms in total. The van der Waals surface area contributed by atoms with Gasteiger partial charge in [0.15, 0.2) is 0 Å². The summed E-state index contributed by atoms with van der Waals surface area (Å²) in [6.07, 6.45) is -2.72. The Morgan fingerprint density at radius 1 is 1.60 bits per heavy atom. The number of carbonyl (C=O) groups is 1. The summed E-state index contributed by atoms with van der Waals surface area (Å²) in [5.74, 6) is -0.822. The summed E-state index contributed by atoms with van der Waals surface area (Å²) in [7, 11) is 0. The number of alkyl halides is 2. The predicted octanol–water partition coefficient (Wildman–Crippen LogP) is 1.59. The SMILES string of the molecule is CCCOC(=O)CC(F)F. The van der Waals surface area contributed by atoms with Gasteiger partial charge in [-0.25, -0.2) is 8.78 Å². The van der Waals surface area contributed by atoms with Gasteiger partial charge in [-0.05, 0) is 6.42 Å². The van der Waals surface area contributed by atoms with Crippen LogP contribution in [0.2, 0.25) is 0 Å². The maximum absolute atomic E-state index is 11.4. The molecule has 0 bridgehead atoms. The minimum atomic E-state index is -2.59. The summed E-state index contributed by atoms with van der Waals surface area (Å²) in [5.41, 5.74) is 0. The zero-order valence-corrected chi connectivity index (χ0v) is 5.77. The molecular weight excluding hydrogens is 142 g/mol. The lowest BCUT2D eigenvalue weighted by Crippen LogP contribution is -2.09. The molecule has 0 rings (SSSR count). The second-order valence-electron chi connectivity index (χ2n) is 1.82. The fraction of sp³-hybridized carbons (Fsp3) is 0.833. The van der Waals surface area contributed by atoms with Gasteiger partial charge in [0.05, 0.1) is 6.61 Å². The second kappa shape index (κ2) is 5.14. The maximum Gasteiger partial charge on any atom is 0.311 e. The molecule has 0 aromatic rings. The van der Waals surface area contributed by atoms with Crippen molar-refractivity contribution in [2.45, 2.75) is 26.2 Å². The van der Waals surface area contributed by atoms with E-state index in [9.17, 15) is 13.6 Å². The molecule has 0 aromatic heterocycles. The average molecular weight is 152 g/mol. The summed E-state index contributed by atoms with van der Waals surface area (Å²) < 4.78 is 27.2. The van der Waals surface area contributed by atoms with Crippen LogP contribution in [-0.2, 0) is 9.53 Å². The van der Waals surface area contributed by atoms with Crippen LogP contribution in [0.5, 0.6) is 0 Å². The average Bonchev–Trinajstić information content (AvgIpc) is 1.82. The van der Waals surface area contributed by atoms with E-state index in [1.165, 1.54) is 0 Å². The number of hydrogen-bond acceptors (Lipinski definition) is 2. The number of hydrogen-bond donors (Lipinski definition) is 0. The highest BCUT2D eigenvalue weighted by Gasteiger charge is 2.10. The Hall–Kier alpha value is -0.670. The molecule has 0 atom stereocenters. The van der Waals surface area contributed by atoms with Gasteiger partial charge < -0.3 is 4.74 Å². The number of ether oxygens (including phenoxy) is 1. The zero-order valence-electron chi connectivity index (χ0n) is 5.77. The molecule has 0 amide bonds. The largest absolute Gasteiger partial charge is 0.466 e. The minimum Gasteiger partial charge on any atom is -0.466 e. The van der Waals surface area contributed by atoms with Crippen LogP contribution in [0, 0.1) is 0 Å². The van der Waals surface area contributed by atoms with Crippen molar-refractivity contribution >= 4 is 5.97 Å². The molecular formula is C6H10F2O2. The van der Waals surface area contributed by atoms with Crippen LogP contribution >= 0.6 is 0 Å². The fourth-order valence-corrected chi connectivity index (χ4v) is 0.401. The third-order valence-electron chi connectivity index (χ3n) is 0.788. The number of rotatable bonds is 4. The minimum absolute atomic E-state index is 0.228. The molecule has 0 unspecified atom stereocenters. The van der Waals surface area contributed by atoms with Crippen molar-refractivity contribution in [2.24, 2.45) is 0 Å². The molecule has 0 heterocycles. The third-order valence-corrected chi connectivity index (χ3v) is 0.788. The first-order chi connectivity index (χ1) is 4.66. The van der Waals surface area contributed by atoms with Crippen molar-refractivity contribution in [3.63, 3.8) is 0 Å². The third kappa shape index (κ3) is 5.47. The summed E-state index contributed by atoms with van der Waals surface area (Å²) >= 11 is 0. The monoisotopic (exact) mass is 152 g/mol. The smallest absolute Gasteiger partial charge is 0.311 e. The van der Waals surface area contributed by atoms with Crippen molar-refractivity contribution in [1.82, 2.24) is 0 Å². The van der Waals surface area contributed by atoms with Crippen LogP contribution in [0.1, 0.15) is 19.8 Å². The Morgan fingerprint density at radius 2 is 2.20 bits per heavy atom. The first-order valence-electron chi connectivity index (χ1n) is 3.10. The molecule has 4 heteroatoms. The van der Waals surface area contributed by atoms with Crippen LogP contribution in [0.4, 0.5) is 8.78 Å². The van der Waals surface area contributed by atoms with Crippen LogP contribution in [0.15, 0.2) is 0 Å². The van der Waals surface area contributed by atoms with E-state index in [0.29, 0.717) is 6.42 Å². The van der Waals surface area contributed by atoms with Gasteiger partial charge in [0.2, 0.25) is 6.43 Å². The molecule has 0 radical (unpaired) electrons. The Balaban J connectivity index is 3.26. The molecule has 0 saturated heterocycles. The number of esters is 1. The highest BCUT2D eigenvalue weighted by Crippen LogP contribution is 2.00. The van der Waals surface area contributed by atoms with E-state index in [1.54, 1.807) is 6.92 Å². The number of carbonyl (C=O) groups excluding carboxylic acids is 1. The molecule has 0 fully saturated rings. The number of halogens is 2. The molecule has 0 aliphatic carbocycles. The molecule has 0 saturated carbocycles. The highest BCUT2D eigenvalue weighted by atomic mass is 19.3. The summed E-state index contributed by atoms with van der Waals surface area (Å²) in [6.45, 7) is 2.03. The lowest BCUT2D eigenvalue weighted by molar-refractivity contribution is -0.146. The second-order valence-corrected chi connectivity index (χ2v) is 1.82. The van der Waals surface area contributed by atoms with E-state index < -0.39 is 18.8 Å². The van der Waals surface area contributed by atoms with Crippen LogP contribution in [0.25, 0.3) is 0 Å². The van der Waals surface area contributed by atoms with E-state index in [1.807, 2.05) is 0 Å². The van der Waals surface area contributed by atoms with E-state index in [0.717, 1.165) is 0 Å². The van der Waals surface area contributed by atoms with E-state index in [-0.39, 0.29) is 6.61 Å². The quantitative estimate of drug-likeness (QED) is 0.572. The molecule has 10 heavy (non-hydrogen) atoms. The zero-order chi connectivity index (χ0) is 7.98. The van der Waals surface area contributed by atoms with Gasteiger partial charge in [-0.3, -0.25) is 4.79 Å². The van der Waals surface area contributed by atoms with Crippen LogP contribution in [0.3, 0.4) is 0 Å². The van der Waals surface area contributed by atoms with Crippen molar-refractivity contribution in [3.8, 4) is 0 Å². The lowest BCUT2D eigenvalue weighted by atomic mass is 10.4. The normalized spacial score (nSPS) is 10.0. The molecule has 60 valence electrons. The molecule has 0 aliphatic heterocycles. The molecule has 0 aliphatic rings.